The van der Waals surface area contributed by atoms with Crippen LogP contribution < -0.4 is 10.6 Å². The van der Waals surface area contributed by atoms with Crippen LogP contribution in [-0.2, 0) is 6.54 Å². The summed E-state index contributed by atoms with van der Waals surface area (Å²) < 4.78 is 1.51. The molecule has 0 unspecified atom stereocenters. The van der Waals surface area contributed by atoms with E-state index in [1.165, 1.54) is 4.68 Å². The maximum absolute atomic E-state index is 9.19. The van der Waals surface area contributed by atoms with Gasteiger partial charge in [-0.3, -0.25) is 0 Å². The lowest BCUT2D eigenvalue weighted by atomic mass is 9.99. The Hall–Kier alpha value is -1.74. The standard InChI is InChI=1S/C12H19N5O/c1-9-2-4-16(5-3-9)12-10(8-13)11(14)17(15-12)6-7-18/h9,18H,2-7,14H2,1H3. The first-order valence-corrected chi connectivity index (χ1v) is 6.29. The summed E-state index contributed by atoms with van der Waals surface area (Å²) in [5, 5.41) is 22.5. The van der Waals surface area contributed by atoms with E-state index in [9.17, 15) is 5.26 Å². The van der Waals surface area contributed by atoms with Crippen LogP contribution in [0.2, 0.25) is 0 Å². The molecule has 1 saturated heterocycles. The van der Waals surface area contributed by atoms with Crippen molar-refractivity contribution in [1.29, 1.82) is 5.26 Å². The van der Waals surface area contributed by atoms with Crippen LogP contribution in [0, 0.1) is 17.2 Å². The molecule has 6 heteroatoms. The second-order valence-electron chi connectivity index (χ2n) is 4.81. The Morgan fingerprint density at radius 1 is 1.50 bits per heavy atom. The number of nitriles is 1. The molecule has 0 spiro atoms. The molecule has 1 aliphatic rings. The SMILES string of the molecule is CC1CCN(c2nn(CCO)c(N)c2C#N)CC1. The molecule has 6 nitrogen and oxygen atoms in total. The van der Waals surface area contributed by atoms with Crippen molar-refractivity contribution in [3.8, 4) is 6.07 Å². The van der Waals surface area contributed by atoms with Gasteiger partial charge < -0.3 is 15.7 Å². The summed E-state index contributed by atoms with van der Waals surface area (Å²) in [6.07, 6.45) is 2.22. The Morgan fingerprint density at radius 3 is 2.72 bits per heavy atom. The van der Waals surface area contributed by atoms with E-state index in [-0.39, 0.29) is 6.61 Å². The molecule has 3 N–H and O–H groups in total. The Morgan fingerprint density at radius 2 is 2.17 bits per heavy atom. The fourth-order valence-electron chi connectivity index (χ4n) is 2.28. The third-order valence-electron chi connectivity index (χ3n) is 3.48. The predicted octanol–water partition coefficient (Wildman–Crippen LogP) is 0.566. The molecule has 0 saturated carbocycles. The summed E-state index contributed by atoms with van der Waals surface area (Å²) in [5.74, 6) is 1.74. The maximum Gasteiger partial charge on any atom is 0.170 e. The van der Waals surface area contributed by atoms with Gasteiger partial charge in [-0.2, -0.15) is 10.4 Å². The van der Waals surface area contributed by atoms with E-state index in [2.05, 4.69) is 23.0 Å². The monoisotopic (exact) mass is 249 g/mol. The molecular formula is C12H19N5O. The van der Waals surface area contributed by atoms with E-state index in [1.54, 1.807) is 0 Å². The molecule has 0 aliphatic carbocycles. The van der Waals surface area contributed by atoms with Crippen molar-refractivity contribution in [1.82, 2.24) is 9.78 Å². The van der Waals surface area contributed by atoms with E-state index >= 15 is 0 Å². The Balaban J connectivity index is 2.27. The molecule has 0 radical (unpaired) electrons. The molecule has 1 aromatic heterocycles. The number of nitrogen functional groups attached to an aromatic ring is 1. The molecule has 18 heavy (non-hydrogen) atoms. The second kappa shape index (κ2) is 5.27. The highest BCUT2D eigenvalue weighted by molar-refractivity contribution is 5.65. The predicted molar refractivity (Wildman–Crippen MR) is 69.1 cm³/mol. The molecule has 1 aromatic rings. The van der Waals surface area contributed by atoms with Gasteiger partial charge in [0, 0.05) is 13.1 Å². The summed E-state index contributed by atoms with van der Waals surface area (Å²) in [6.45, 7) is 4.34. The van der Waals surface area contributed by atoms with Crippen LogP contribution in [0.3, 0.4) is 0 Å². The van der Waals surface area contributed by atoms with Gasteiger partial charge >= 0.3 is 0 Å². The third-order valence-corrected chi connectivity index (χ3v) is 3.48. The van der Waals surface area contributed by atoms with Crippen molar-refractivity contribution in [2.45, 2.75) is 26.3 Å². The molecule has 98 valence electrons. The number of nitrogens with two attached hydrogens (primary N) is 1. The Kier molecular flexibility index (Phi) is 3.72. The molecule has 2 rings (SSSR count). The van der Waals surface area contributed by atoms with E-state index in [4.69, 9.17) is 10.8 Å². The Labute approximate surface area is 107 Å². The van der Waals surface area contributed by atoms with Crippen molar-refractivity contribution in [2.75, 3.05) is 30.3 Å². The number of aliphatic hydroxyl groups is 1. The first kappa shape index (κ1) is 12.7. The Bertz CT molecular complexity index is 454. The van der Waals surface area contributed by atoms with Crippen LogP contribution in [0.4, 0.5) is 11.6 Å². The minimum absolute atomic E-state index is 0.0345. The van der Waals surface area contributed by atoms with Crippen molar-refractivity contribution in [3.05, 3.63) is 5.56 Å². The topological polar surface area (TPSA) is 91.1 Å². The third kappa shape index (κ3) is 2.27. The molecule has 0 amide bonds. The lowest BCUT2D eigenvalue weighted by molar-refractivity contribution is 0.270. The first-order valence-electron chi connectivity index (χ1n) is 6.29. The number of aromatic nitrogens is 2. The molecule has 1 aliphatic heterocycles. The van der Waals surface area contributed by atoms with Crippen LogP contribution in [-0.4, -0.2) is 34.6 Å². The molecular weight excluding hydrogens is 230 g/mol. The average Bonchev–Trinajstić information content (AvgIpc) is 2.68. The number of nitrogens with zero attached hydrogens (tertiary/aromatic N) is 4. The van der Waals surface area contributed by atoms with Crippen molar-refractivity contribution in [3.63, 3.8) is 0 Å². The van der Waals surface area contributed by atoms with Gasteiger partial charge in [-0.15, -0.1) is 0 Å². The van der Waals surface area contributed by atoms with Gasteiger partial charge in [-0.25, -0.2) is 4.68 Å². The van der Waals surface area contributed by atoms with Crippen molar-refractivity contribution < 1.29 is 5.11 Å². The highest BCUT2D eigenvalue weighted by atomic mass is 16.3. The van der Waals surface area contributed by atoms with Gasteiger partial charge in [0.2, 0.25) is 0 Å². The summed E-state index contributed by atoms with van der Waals surface area (Å²) in [4.78, 5) is 2.11. The zero-order valence-corrected chi connectivity index (χ0v) is 10.6. The fourth-order valence-corrected chi connectivity index (χ4v) is 2.28. The first-order chi connectivity index (χ1) is 8.67. The highest BCUT2D eigenvalue weighted by Gasteiger charge is 2.23. The largest absolute Gasteiger partial charge is 0.394 e. The van der Waals surface area contributed by atoms with Crippen LogP contribution >= 0.6 is 0 Å². The highest BCUT2D eigenvalue weighted by Crippen LogP contribution is 2.28. The summed E-state index contributed by atoms with van der Waals surface area (Å²) in [7, 11) is 0. The van der Waals surface area contributed by atoms with Crippen LogP contribution in [0.1, 0.15) is 25.3 Å². The molecule has 1 fully saturated rings. The van der Waals surface area contributed by atoms with E-state index in [0.717, 1.165) is 31.8 Å². The van der Waals surface area contributed by atoms with Gasteiger partial charge in [0.15, 0.2) is 5.82 Å². The zero-order valence-electron chi connectivity index (χ0n) is 10.6. The number of piperidine rings is 1. The molecule has 0 aromatic carbocycles. The lowest BCUT2D eigenvalue weighted by Gasteiger charge is -2.30. The molecule has 0 atom stereocenters. The molecule has 2 heterocycles. The van der Waals surface area contributed by atoms with Gasteiger partial charge in [-0.1, -0.05) is 6.92 Å². The maximum atomic E-state index is 9.19. The van der Waals surface area contributed by atoms with Crippen molar-refractivity contribution in [2.24, 2.45) is 5.92 Å². The van der Waals surface area contributed by atoms with Gasteiger partial charge in [0.05, 0.1) is 13.2 Å². The van der Waals surface area contributed by atoms with E-state index in [1.807, 2.05) is 0 Å². The smallest absolute Gasteiger partial charge is 0.170 e. The number of anilines is 2. The molecule has 0 bridgehead atoms. The van der Waals surface area contributed by atoms with Gasteiger partial charge in [0.25, 0.3) is 0 Å². The minimum Gasteiger partial charge on any atom is -0.394 e. The quantitative estimate of drug-likeness (QED) is 0.817. The van der Waals surface area contributed by atoms with Gasteiger partial charge in [-0.05, 0) is 18.8 Å². The number of aliphatic hydroxyl groups excluding tert-OH is 1. The van der Waals surface area contributed by atoms with Crippen LogP contribution in [0.15, 0.2) is 0 Å². The van der Waals surface area contributed by atoms with E-state index in [0.29, 0.717) is 23.7 Å². The van der Waals surface area contributed by atoms with Crippen LogP contribution in [0.5, 0.6) is 0 Å². The number of hydrogen-bond acceptors (Lipinski definition) is 5. The summed E-state index contributed by atoms with van der Waals surface area (Å²) >= 11 is 0. The van der Waals surface area contributed by atoms with E-state index < -0.39 is 0 Å². The fraction of sp³-hybridized carbons (Fsp3) is 0.667. The lowest BCUT2D eigenvalue weighted by Crippen LogP contribution is -2.33. The summed E-state index contributed by atoms with van der Waals surface area (Å²) in [5.41, 5.74) is 6.30. The normalized spacial score (nSPS) is 16.8. The minimum atomic E-state index is -0.0345. The van der Waals surface area contributed by atoms with Crippen molar-refractivity contribution >= 4 is 11.6 Å². The number of hydrogen-bond donors (Lipinski definition) is 2. The van der Waals surface area contributed by atoms with Gasteiger partial charge in [0.1, 0.15) is 17.5 Å². The van der Waals surface area contributed by atoms with Crippen LogP contribution in [0.25, 0.3) is 0 Å². The zero-order chi connectivity index (χ0) is 13.1. The number of rotatable bonds is 3. The second-order valence-corrected chi connectivity index (χ2v) is 4.81. The average molecular weight is 249 g/mol. The summed E-state index contributed by atoms with van der Waals surface area (Å²) in [6, 6.07) is 2.12.